The Kier molecular flexibility index (Phi) is 4.31. The van der Waals surface area contributed by atoms with Crippen molar-refractivity contribution in [2.75, 3.05) is 5.43 Å². The number of rotatable bonds is 5. The zero-order valence-corrected chi connectivity index (χ0v) is 11.4. The summed E-state index contributed by atoms with van der Waals surface area (Å²) in [7, 11) is 0. The number of anilines is 1. The first-order valence-corrected chi connectivity index (χ1v) is 6.29. The molecule has 0 radical (unpaired) electrons. The fourth-order valence-corrected chi connectivity index (χ4v) is 1.70. The molecule has 106 valence electrons. The quantitative estimate of drug-likeness (QED) is 0.558. The van der Waals surface area contributed by atoms with E-state index in [-0.39, 0.29) is 12.5 Å². The smallest absolute Gasteiger partial charge is 0.255 e. The van der Waals surface area contributed by atoms with Gasteiger partial charge >= 0.3 is 0 Å². The molecular weight excluding hydrogens is 258 g/mol. The van der Waals surface area contributed by atoms with Gasteiger partial charge in [-0.05, 0) is 13.0 Å². The second-order valence-electron chi connectivity index (χ2n) is 4.27. The Labute approximate surface area is 116 Å². The van der Waals surface area contributed by atoms with E-state index in [1.54, 1.807) is 12.3 Å². The molecule has 2 rings (SSSR count). The van der Waals surface area contributed by atoms with E-state index in [9.17, 15) is 4.79 Å². The number of carbonyl (C=O) groups excluding carboxylic acids is 1. The number of hydrazine groups is 1. The van der Waals surface area contributed by atoms with Crippen LogP contribution in [0.5, 0.6) is 0 Å². The van der Waals surface area contributed by atoms with Crippen molar-refractivity contribution in [1.82, 2.24) is 15.3 Å². The van der Waals surface area contributed by atoms with E-state index < -0.39 is 0 Å². The van der Waals surface area contributed by atoms with E-state index in [1.165, 1.54) is 6.20 Å². The van der Waals surface area contributed by atoms with Gasteiger partial charge in [-0.3, -0.25) is 15.6 Å². The number of aromatic nitrogens is 2. The maximum absolute atomic E-state index is 12.1. The van der Waals surface area contributed by atoms with Crippen LogP contribution in [-0.2, 0) is 13.0 Å². The molecule has 2 aromatic heterocycles. The zero-order valence-electron chi connectivity index (χ0n) is 11.4. The van der Waals surface area contributed by atoms with Gasteiger partial charge in [0.2, 0.25) is 5.89 Å². The van der Waals surface area contributed by atoms with Gasteiger partial charge in [-0.15, -0.1) is 0 Å². The fourth-order valence-electron chi connectivity index (χ4n) is 1.70. The van der Waals surface area contributed by atoms with Crippen LogP contribution in [0, 0.1) is 6.92 Å². The van der Waals surface area contributed by atoms with Crippen LogP contribution in [0.1, 0.15) is 34.6 Å². The molecule has 2 heterocycles. The van der Waals surface area contributed by atoms with Crippen molar-refractivity contribution in [3.05, 3.63) is 41.4 Å². The molecule has 0 atom stereocenters. The number of pyridine rings is 1. The van der Waals surface area contributed by atoms with E-state index in [2.05, 4.69) is 20.7 Å². The van der Waals surface area contributed by atoms with E-state index in [0.717, 1.165) is 17.9 Å². The van der Waals surface area contributed by atoms with Crippen molar-refractivity contribution in [3.63, 3.8) is 0 Å². The van der Waals surface area contributed by atoms with Crippen molar-refractivity contribution in [1.29, 1.82) is 0 Å². The van der Waals surface area contributed by atoms with Crippen molar-refractivity contribution >= 4 is 11.6 Å². The molecule has 0 aliphatic carbocycles. The Bertz CT molecular complexity index is 609. The molecule has 0 bridgehead atoms. The first-order chi connectivity index (χ1) is 9.63. The van der Waals surface area contributed by atoms with Gasteiger partial charge < -0.3 is 15.2 Å². The minimum Gasteiger partial charge on any atom is -0.444 e. The molecule has 7 nitrogen and oxygen atoms in total. The molecule has 1 amide bonds. The average Bonchev–Trinajstić information content (AvgIpc) is 2.92. The van der Waals surface area contributed by atoms with Gasteiger partial charge in [-0.1, -0.05) is 6.92 Å². The third kappa shape index (κ3) is 3.12. The van der Waals surface area contributed by atoms with Crippen LogP contribution >= 0.6 is 0 Å². The van der Waals surface area contributed by atoms with Crippen LogP contribution in [0.4, 0.5) is 5.69 Å². The lowest BCUT2D eigenvalue weighted by atomic mass is 10.2. The summed E-state index contributed by atoms with van der Waals surface area (Å²) < 4.78 is 5.41. The number of hydrogen-bond donors (Lipinski definition) is 3. The number of nitrogens with zero attached hydrogens (tertiary/aromatic N) is 2. The zero-order chi connectivity index (χ0) is 14.5. The number of aryl methyl sites for hydroxylation is 2. The standard InChI is InChI=1S/C13H17N5O2/c1-3-9-5-16-12(20-9)7-17-13(19)10-6-15-8(2)4-11(10)18-14/h4-6H,3,7,14H2,1-2H3,(H,15,18)(H,17,19). The number of nitrogens with two attached hydrogens (primary N) is 1. The number of carbonyl (C=O) groups is 1. The highest BCUT2D eigenvalue weighted by molar-refractivity contribution is 5.99. The molecule has 4 N–H and O–H groups in total. The van der Waals surface area contributed by atoms with E-state index in [4.69, 9.17) is 10.3 Å². The summed E-state index contributed by atoms with van der Waals surface area (Å²) in [4.78, 5) is 20.2. The minimum atomic E-state index is -0.290. The lowest BCUT2D eigenvalue weighted by Gasteiger charge is -2.09. The van der Waals surface area contributed by atoms with Gasteiger partial charge in [0.25, 0.3) is 5.91 Å². The first kappa shape index (κ1) is 14.0. The summed E-state index contributed by atoms with van der Waals surface area (Å²) in [6, 6.07) is 1.70. The molecule has 20 heavy (non-hydrogen) atoms. The Morgan fingerprint density at radius 3 is 2.85 bits per heavy atom. The highest BCUT2D eigenvalue weighted by Gasteiger charge is 2.12. The molecule has 0 spiro atoms. The summed E-state index contributed by atoms with van der Waals surface area (Å²) in [6.07, 6.45) is 3.90. The molecule has 2 aromatic rings. The van der Waals surface area contributed by atoms with Crippen LogP contribution < -0.4 is 16.6 Å². The molecule has 0 aliphatic rings. The minimum absolute atomic E-state index is 0.219. The van der Waals surface area contributed by atoms with Crippen molar-refractivity contribution in [2.24, 2.45) is 5.84 Å². The highest BCUT2D eigenvalue weighted by atomic mass is 16.4. The van der Waals surface area contributed by atoms with Gasteiger partial charge in [-0.25, -0.2) is 4.98 Å². The summed E-state index contributed by atoms with van der Waals surface area (Å²) in [5, 5.41) is 2.72. The number of nitrogens with one attached hydrogen (secondary N) is 2. The summed E-state index contributed by atoms with van der Waals surface area (Å²) >= 11 is 0. The third-order valence-corrected chi connectivity index (χ3v) is 2.79. The number of amides is 1. The SMILES string of the molecule is CCc1cnc(CNC(=O)c2cnc(C)cc2NN)o1. The topological polar surface area (TPSA) is 106 Å². The van der Waals surface area contributed by atoms with Crippen LogP contribution in [0.25, 0.3) is 0 Å². The summed E-state index contributed by atoms with van der Waals surface area (Å²) in [6.45, 7) is 4.01. The Morgan fingerprint density at radius 1 is 1.40 bits per heavy atom. The molecule has 0 saturated carbocycles. The summed E-state index contributed by atoms with van der Waals surface area (Å²) in [5.74, 6) is 6.36. The third-order valence-electron chi connectivity index (χ3n) is 2.79. The maximum Gasteiger partial charge on any atom is 0.255 e. The number of nitrogen functional groups attached to an aromatic ring is 1. The average molecular weight is 275 g/mol. The molecular formula is C13H17N5O2. The predicted molar refractivity (Wildman–Crippen MR) is 73.8 cm³/mol. The van der Waals surface area contributed by atoms with Gasteiger partial charge in [0.15, 0.2) is 0 Å². The molecule has 0 unspecified atom stereocenters. The van der Waals surface area contributed by atoms with E-state index >= 15 is 0 Å². The van der Waals surface area contributed by atoms with Crippen LogP contribution in [0.3, 0.4) is 0 Å². The largest absolute Gasteiger partial charge is 0.444 e. The Morgan fingerprint density at radius 2 is 2.20 bits per heavy atom. The van der Waals surface area contributed by atoms with Crippen molar-refractivity contribution < 1.29 is 9.21 Å². The van der Waals surface area contributed by atoms with Gasteiger partial charge in [0, 0.05) is 18.3 Å². The molecule has 0 fully saturated rings. The van der Waals surface area contributed by atoms with E-state index in [1.807, 2.05) is 13.8 Å². The molecule has 0 aliphatic heterocycles. The van der Waals surface area contributed by atoms with Gasteiger partial charge in [0.1, 0.15) is 5.76 Å². The lowest BCUT2D eigenvalue weighted by molar-refractivity contribution is 0.0947. The fraction of sp³-hybridized carbons (Fsp3) is 0.308. The number of hydrogen-bond acceptors (Lipinski definition) is 6. The Balaban J connectivity index is 2.04. The molecule has 0 aromatic carbocycles. The van der Waals surface area contributed by atoms with Gasteiger partial charge in [-0.2, -0.15) is 0 Å². The highest BCUT2D eigenvalue weighted by Crippen LogP contribution is 2.14. The van der Waals surface area contributed by atoms with E-state index in [0.29, 0.717) is 17.1 Å². The molecule has 7 heteroatoms. The number of oxazole rings is 1. The second kappa shape index (κ2) is 6.16. The first-order valence-electron chi connectivity index (χ1n) is 6.29. The predicted octanol–water partition coefficient (Wildman–Crippen LogP) is 1.16. The summed E-state index contributed by atoms with van der Waals surface area (Å²) in [5.41, 5.74) is 4.16. The maximum atomic E-state index is 12.1. The van der Waals surface area contributed by atoms with Gasteiger partial charge in [0.05, 0.1) is 24.0 Å². The normalized spacial score (nSPS) is 10.3. The second-order valence-corrected chi connectivity index (χ2v) is 4.27. The van der Waals surface area contributed by atoms with Crippen molar-refractivity contribution in [3.8, 4) is 0 Å². The van der Waals surface area contributed by atoms with Crippen molar-refractivity contribution in [2.45, 2.75) is 26.8 Å². The van der Waals surface area contributed by atoms with Crippen LogP contribution in [0.2, 0.25) is 0 Å². The van der Waals surface area contributed by atoms with Crippen LogP contribution in [-0.4, -0.2) is 15.9 Å². The molecule has 0 saturated heterocycles. The monoisotopic (exact) mass is 275 g/mol. The van der Waals surface area contributed by atoms with Crippen LogP contribution in [0.15, 0.2) is 22.9 Å². The Hall–Kier alpha value is -2.41. The lowest BCUT2D eigenvalue weighted by Crippen LogP contribution is -2.25.